The summed E-state index contributed by atoms with van der Waals surface area (Å²) < 4.78 is 0. The molecule has 0 heterocycles. The molecule has 1 heteroatoms. The fraction of sp³-hybridized carbons (Fsp3) is 0.625. The van der Waals surface area contributed by atoms with Gasteiger partial charge in [-0.2, -0.15) is 0 Å². The van der Waals surface area contributed by atoms with Gasteiger partial charge in [-0.05, 0) is 28.9 Å². The second-order valence-electron chi connectivity index (χ2n) is 6.59. The fourth-order valence-corrected chi connectivity index (χ4v) is 1.65. The van der Waals surface area contributed by atoms with Gasteiger partial charge in [0.15, 0.2) is 0 Å². The van der Waals surface area contributed by atoms with Gasteiger partial charge in [0.25, 0.3) is 0 Å². The van der Waals surface area contributed by atoms with Crippen LogP contribution < -0.4 is 0 Å². The Morgan fingerprint density at radius 1 is 0.706 bits per heavy atom. The van der Waals surface area contributed by atoms with Crippen molar-refractivity contribution in [2.75, 3.05) is 7.11 Å². The van der Waals surface area contributed by atoms with Crippen LogP contribution in [0.15, 0.2) is 18.2 Å². The van der Waals surface area contributed by atoms with Crippen LogP contribution in [0.4, 0.5) is 0 Å². The first-order chi connectivity index (χ1) is 7.60. The lowest BCUT2D eigenvalue weighted by Gasteiger charge is -2.25. The average molecular weight is 236 g/mol. The second kappa shape index (κ2) is 5.68. The quantitative estimate of drug-likeness (QED) is 0.716. The monoisotopic (exact) mass is 236 g/mol. The Hall–Kier alpha value is -0.820. The summed E-state index contributed by atoms with van der Waals surface area (Å²) in [7, 11) is 1.00. The molecule has 1 N–H and O–H groups in total. The van der Waals surface area contributed by atoms with Gasteiger partial charge in [0.2, 0.25) is 0 Å². The zero-order chi connectivity index (χ0) is 13.9. The molecule has 0 bridgehead atoms. The van der Waals surface area contributed by atoms with E-state index >= 15 is 0 Å². The third-order valence-corrected chi connectivity index (χ3v) is 2.81. The van der Waals surface area contributed by atoms with Gasteiger partial charge in [0, 0.05) is 7.11 Å². The molecule has 0 saturated carbocycles. The summed E-state index contributed by atoms with van der Waals surface area (Å²) in [5.41, 5.74) is 4.73. The molecular formula is C16H28O. The van der Waals surface area contributed by atoms with Crippen molar-refractivity contribution in [2.45, 2.75) is 59.3 Å². The average Bonchev–Trinajstić information content (AvgIpc) is 2.17. The Labute approximate surface area is 107 Å². The molecule has 0 fully saturated rings. The molecule has 1 nitrogen and oxygen atoms in total. The van der Waals surface area contributed by atoms with Crippen LogP contribution in [-0.2, 0) is 10.8 Å². The molecular weight excluding hydrogens is 208 g/mol. The Morgan fingerprint density at radius 3 is 1.24 bits per heavy atom. The lowest BCUT2D eigenvalue weighted by Crippen LogP contribution is -2.16. The Morgan fingerprint density at radius 2 is 1.00 bits per heavy atom. The molecule has 1 aromatic carbocycles. The van der Waals surface area contributed by atoms with E-state index in [0.29, 0.717) is 0 Å². The number of aliphatic hydroxyl groups excluding tert-OH is 1. The molecule has 0 amide bonds. The predicted octanol–water partition coefficient (Wildman–Crippen LogP) is 4.20. The van der Waals surface area contributed by atoms with E-state index in [1.807, 2.05) is 0 Å². The van der Waals surface area contributed by atoms with Crippen molar-refractivity contribution in [2.24, 2.45) is 0 Å². The summed E-state index contributed by atoms with van der Waals surface area (Å²) in [6.07, 6.45) is 0. The summed E-state index contributed by atoms with van der Waals surface area (Å²) in [5, 5.41) is 7.00. The number of hydrogen-bond acceptors (Lipinski definition) is 1. The van der Waals surface area contributed by atoms with Gasteiger partial charge in [-0.15, -0.1) is 0 Å². The molecule has 1 rings (SSSR count). The van der Waals surface area contributed by atoms with Crippen molar-refractivity contribution in [1.29, 1.82) is 0 Å². The topological polar surface area (TPSA) is 20.2 Å². The molecule has 0 aliphatic heterocycles. The first-order valence-electron chi connectivity index (χ1n) is 6.18. The van der Waals surface area contributed by atoms with Crippen LogP contribution in [0.3, 0.4) is 0 Å². The molecule has 0 unspecified atom stereocenters. The highest BCUT2D eigenvalue weighted by molar-refractivity contribution is 5.36. The zero-order valence-electron chi connectivity index (χ0n) is 12.7. The third-order valence-electron chi connectivity index (χ3n) is 2.81. The zero-order valence-corrected chi connectivity index (χ0v) is 12.7. The van der Waals surface area contributed by atoms with Gasteiger partial charge in [0.1, 0.15) is 0 Å². The lowest BCUT2D eigenvalue weighted by molar-refractivity contribution is 0.399. The Kier molecular flexibility index (Phi) is 5.41. The Bertz CT molecular complexity index is 319. The highest BCUT2D eigenvalue weighted by atomic mass is 16.2. The van der Waals surface area contributed by atoms with Crippen LogP contribution in [-0.4, -0.2) is 12.2 Å². The molecule has 0 atom stereocenters. The number of aliphatic hydroxyl groups is 1. The summed E-state index contributed by atoms with van der Waals surface area (Å²) in [6, 6.07) is 6.96. The van der Waals surface area contributed by atoms with Gasteiger partial charge in [-0.3, -0.25) is 0 Å². The fourth-order valence-electron chi connectivity index (χ4n) is 1.65. The molecule has 0 radical (unpaired) electrons. The van der Waals surface area contributed by atoms with Crippen molar-refractivity contribution < 1.29 is 5.11 Å². The van der Waals surface area contributed by atoms with Gasteiger partial charge in [0.05, 0.1) is 0 Å². The highest BCUT2D eigenvalue weighted by Crippen LogP contribution is 2.29. The number of hydrogen-bond donors (Lipinski definition) is 1. The summed E-state index contributed by atoms with van der Waals surface area (Å²) in [5.74, 6) is 0. The van der Waals surface area contributed by atoms with Crippen molar-refractivity contribution in [3.8, 4) is 0 Å². The summed E-state index contributed by atoms with van der Waals surface area (Å²) >= 11 is 0. The van der Waals surface area contributed by atoms with Gasteiger partial charge < -0.3 is 5.11 Å². The van der Waals surface area contributed by atoms with E-state index in [1.54, 1.807) is 0 Å². The number of aryl methyl sites for hydroxylation is 1. The highest BCUT2D eigenvalue weighted by Gasteiger charge is 2.19. The minimum atomic E-state index is 0.242. The van der Waals surface area contributed by atoms with E-state index in [2.05, 4.69) is 66.7 Å². The lowest BCUT2D eigenvalue weighted by atomic mass is 9.80. The maximum atomic E-state index is 7.00. The summed E-state index contributed by atoms with van der Waals surface area (Å²) in [4.78, 5) is 0. The van der Waals surface area contributed by atoms with E-state index in [9.17, 15) is 0 Å². The largest absolute Gasteiger partial charge is 0.400 e. The molecule has 0 aliphatic carbocycles. The second-order valence-corrected chi connectivity index (χ2v) is 6.59. The van der Waals surface area contributed by atoms with Crippen molar-refractivity contribution in [3.63, 3.8) is 0 Å². The minimum absolute atomic E-state index is 0.242. The van der Waals surface area contributed by atoms with Gasteiger partial charge >= 0.3 is 0 Å². The smallest absolute Gasteiger partial charge is 0.0319 e. The molecule has 1 aromatic rings. The van der Waals surface area contributed by atoms with Crippen molar-refractivity contribution in [1.82, 2.24) is 0 Å². The molecule has 0 saturated heterocycles. The molecule has 0 aromatic heterocycles. The number of benzene rings is 1. The van der Waals surface area contributed by atoms with E-state index in [-0.39, 0.29) is 10.8 Å². The van der Waals surface area contributed by atoms with Crippen LogP contribution in [0.5, 0.6) is 0 Å². The molecule has 98 valence electrons. The maximum absolute atomic E-state index is 7.00. The third kappa shape index (κ3) is 4.91. The van der Waals surface area contributed by atoms with Crippen LogP contribution in [0.2, 0.25) is 0 Å². The summed E-state index contributed by atoms with van der Waals surface area (Å²) in [6.45, 7) is 15.8. The minimum Gasteiger partial charge on any atom is -0.400 e. The number of rotatable bonds is 0. The first-order valence-corrected chi connectivity index (χ1v) is 6.18. The van der Waals surface area contributed by atoms with Gasteiger partial charge in [-0.1, -0.05) is 65.3 Å². The SMILES string of the molecule is CO.Cc1cc(C(C)(C)C)cc(C(C)(C)C)c1. The van der Waals surface area contributed by atoms with E-state index in [0.717, 1.165) is 7.11 Å². The van der Waals surface area contributed by atoms with Crippen LogP contribution in [0, 0.1) is 6.92 Å². The van der Waals surface area contributed by atoms with E-state index < -0.39 is 0 Å². The standard InChI is InChI=1S/C15H24.CH4O/c1-11-8-12(14(2,3)4)10-13(9-11)15(5,6)7;1-2/h8-10H,1-7H3;2H,1H3. The normalized spacial score (nSPS) is 11.8. The van der Waals surface area contributed by atoms with Crippen molar-refractivity contribution in [3.05, 3.63) is 34.9 Å². The molecule has 0 aliphatic rings. The van der Waals surface area contributed by atoms with Crippen LogP contribution in [0.1, 0.15) is 58.2 Å². The predicted molar refractivity (Wildman–Crippen MR) is 76.7 cm³/mol. The van der Waals surface area contributed by atoms with Crippen LogP contribution >= 0.6 is 0 Å². The molecule has 17 heavy (non-hydrogen) atoms. The van der Waals surface area contributed by atoms with Gasteiger partial charge in [-0.25, -0.2) is 0 Å². The van der Waals surface area contributed by atoms with Crippen molar-refractivity contribution >= 4 is 0 Å². The van der Waals surface area contributed by atoms with E-state index in [1.165, 1.54) is 16.7 Å². The molecule has 0 spiro atoms. The van der Waals surface area contributed by atoms with E-state index in [4.69, 9.17) is 5.11 Å². The van der Waals surface area contributed by atoms with Crippen LogP contribution in [0.25, 0.3) is 0 Å². The first kappa shape index (κ1) is 16.2. The maximum Gasteiger partial charge on any atom is 0.0319 e. The Balaban J connectivity index is 0.00000121.